The molecule has 4 rings (SSSR count). The maximum Gasteiger partial charge on any atom is 0.301 e. The van der Waals surface area contributed by atoms with Crippen molar-refractivity contribution in [3.05, 3.63) is 64.3 Å². The van der Waals surface area contributed by atoms with Gasteiger partial charge in [-0.25, -0.2) is 9.38 Å². The molecule has 2 aromatic heterocycles. The van der Waals surface area contributed by atoms with E-state index in [1.165, 1.54) is 4.40 Å². The van der Waals surface area contributed by atoms with Crippen LogP contribution in [-0.4, -0.2) is 50.6 Å². The average molecular weight is 396 g/mol. The van der Waals surface area contributed by atoms with Gasteiger partial charge in [-0.2, -0.15) is 0 Å². The van der Waals surface area contributed by atoms with Gasteiger partial charge in [0.1, 0.15) is 13.2 Å². The standard InChI is InChI=1S/C21H24N4O4/c1-15-12-23(10-11-28-15)18(26)13-24-8-9-25-20(27)19(16(2)22-21(24)25)29-14-17-6-4-3-5-7-17/h3-9,15H,10-14H2,1-2H3. The van der Waals surface area contributed by atoms with Gasteiger partial charge in [0.2, 0.25) is 17.4 Å². The molecule has 1 saturated heterocycles. The van der Waals surface area contributed by atoms with E-state index in [1.54, 1.807) is 28.8 Å². The number of hydrogen-bond acceptors (Lipinski definition) is 5. The summed E-state index contributed by atoms with van der Waals surface area (Å²) >= 11 is 0. The summed E-state index contributed by atoms with van der Waals surface area (Å²) < 4.78 is 14.4. The molecule has 1 atom stereocenters. The normalized spacial score (nSPS) is 16.9. The highest BCUT2D eigenvalue weighted by Gasteiger charge is 2.22. The van der Waals surface area contributed by atoms with Crippen LogP contribution in [0.15, 0.2) is 47.5 Å². The lowest BCUT2D eigenvalue weighted by Gasteiger charge is -2.31. The number of aryl methyl sites for hydroxylation is 1. The predicted molar refractivity (Wildman–Crippen MR) is 107 cm³/mol. The summed E-state index contributed by atoms with van der Waals surface area (Å²) in [4.78, 5) is 31.9. The molecule has 0 radical (unpaired) electrons. The number of nitrogens with zero attached hydrogens (tertiary/aromatic N) is 4. The molecule has 0 spiro atoms. The Bertz CT molecular complexity index is 1070. The number of amides is 1. The minimum absolute atomic E-state index is 0.0189. The second-order valence-corrected chi connectivity index (χ2v) is 7.22. The minimum Gasteiger partial charge on any atom is -0.482 e. The van der Waals surface area contributed by atoms with Crippen molar-refractivity contribution >= 4 is 11.7 Å². The van der Waals surface area contributed by atoms with E-state index in [2.05, 4.69) is 4.98 Å². The third-order valence-electron chi connectivity index (χ3n) is 5.00. The smallest absolute Gasteiger partial charge is 0.301 e. The van der Waals surface area contributed by atoms with Crippen LogP contribution < -0.4 is 10.3 Å². The van der Waals surface area contributed by atoms with Gasteiger partial charge in [0.25, 0.3) is 0 Å². The van der Waals surface area contributed by atoms with Crippen LogP contribution in [0.2, 0.25) is 0 Å². The van der Waals surface area contributed by atoms with E-state index in [-0.39, 0.29) is 29.9 Å². The van der Waals surface area contributed by atoms with Crippen LogP contribution in [0.3, 0.4) is 0 Å². The highest BCUT2D eigenvalue weighted by Crippen LogP contribution is 2.15. The van der Waals surface area contributed by atoms with E-state index in [4.69, 9.17) is 9.47 Å². The zero-order valence-corrected chi connectivity index (χ0v) is 16.6. The molecule has 1 unspecified atom stereocenters. The number of carbonyl (C=O) groups is 1. The number of hydrogen-bond donors (Lipinski definition) is 0. The van der Waals surface area contributed by atoms with Crippen molar-refractivity contribution in [2.24, 2.45) is 0 Å². The van der Waals surface area contributed by atoms with Crippen molar-refractivity contribution < 1.29 is 14.3 Å². The molecule has 0 aliphatic carbocycles. The Kier molecular flexibility index (Phi) is 5.35. The summed E-state index contributed by atoms with van der Waals surface area (Å²) in [5.74, 6) is 0.626. The van der Waals surface area contributed by atoms with Crippen LogP contribution in [-0.2, 0) is 22.7 Å². The summed E-state index contributed by atoms with van der Waals surface area (Å²) in [5, 5.41) is 0. The maximum absolute atomic E-state index is 12.9. The van der Waals surface area contributed by atoms with Crippen molar-refractivity contribution in [3.8, 4) is 5.75 Å². The Morgan fingerprint density at radius 3 is 2.83 bits per heavy atom. The maximum atomic E-state index is 12.9. The Balaban J connectivity index is 1.55. The molecule has 1 amide bonds. The first-order chi connectivity index (χ1) is 14.0. The third kappa shape index (κ3) is 4.02. The molecule has 8 nitrogen and oxygen atoms in total. The lowest BCUT2D eigenvalue weighted by molar-refractivity contribution is -0.138. The van der Waals surface area contributed by atoms with E-state index in [0.717, 1.165) is 5.56 Å². The SMILES string of the molecule is Cc1nc2n(CC(=O)N3CCOC(C)C3)ccn2c(=O)c1OCc1ccccc1. The number of morpholine rings is 1. The molecule has 152 valence electrons. The molecule has 0 N–H and O–H groups in total. The first-order valence-electron chi connectivity index (χ1n) is 9.67. The monoisotopic (exact) mass is 396 g/mol. The van der Waals surface area contributed by atoms with Crippen molar-refractivity contribution in [2.75, 3.05) is 19.7 Å². The minimum atomic E-state index is -0.283. The van der Waals surface area contributed by atoms with Crippen LogP contribution in [0.1, 0.15) is 18.2 Å². The fourth-order valence-corrected chi connectivity index (χ4v) is 3.47. The Morgan fingerprint density at radius 1 is 1.28 bits per heavy atom. The molecule has 1 fully saturated rings. The van der Waals surface area contributed by atoms with Crippen molar-refractivity contribution in [3.63, 3.8) is 0 Å². The number of rotatable bonds is 5. The summed E-state index contributed by atoms with van der Waals surface area (Å²) in [6.45, 7) is 5.79. The van der Waals surface area contributed by atoms with Crippen LogP contribution in [0.4, 0.5) is 0 Å². The van der Waals surface area contributed by atoms with Gasteiger partial charge in [0.05, 0.1) is 18.4 Å². The van der Waals surface area contributed by atoms with Gasteiger partial charge >= 0.3 is 5.56 Å². The second kappa shape index (κ2) is 8.08. The molecule has 0 bridgehead atoms. The van der Waals surface area contributed by atoms with Crippen molar-refractivity contribution in [1.29, 1.82) is 0 Å². The largest absolute Gasteiger partial charge is 0.482 e. The highest BCUT2D eigenvalue weighted by molar-refractivity contribution is 5.76. The third-order valence-corrected chi connectivity index (χ3v) is 5.00. The van der Waals surface area contributed by atoms with Gasteiger partial charge in [-0.1, -0.05) is 30.3 Å². The molecule has 8 heteroatoms. The molecule has 0 saturated carbocycles. The van der Waals surface area contributed by atoms with Gasteiger partial charge in [0, 0.05) is 25.5 Å². The number of imidazole rings is 1. The van der Waals surface area contributed by atoms with E-state index in [1.807, 2.05) is 37.3 Å². The van der Waals surface area contributed by atoms with Crippen molar-refractivity contribution in [2.45, 2.75) is 33.1 Å². The van der Waals surface area contributed by atoms with Crippen LogP contribution in [0.25, 0.3) is 5.78 Å². The number of benzene rings is 1. The van der Waals surface area contributed by atoms with Crippen molar-refractivity contribution in [1.82, 2.24) is 18.9 Å². The quantitative estimate of drug-likeness (QED) is 0.655. The summed E-state index contributed by atoms with van der Waals surface area (Å²) in [6, 6.07) is 9.65. The molecular weight excluding hydrogens is 372 g/mol. The van der Waals surface area contributed by atoms with E-state index in [0.29, 0.717) is 37.8 Å². The molecule has 1 aliphatic rings. The summed E-state index contributed by atoms with van der Waals surface area (Å²) in [7, 11) is 0. The second-order valence-electron chi connectivity index (χ2n) is 7.22. The fraction of sp³-hybridized carbons (Fsp3) is 0.381. The molecule has 3 aromatic rings. The molecule has 1 aliphatic heterocycles. The first-order valence-corrected chi connectivity index (χ1v) is 9.67. The lowest BCUT2D eigenvalue weighted by atomic mass is 10.2. The average Bonchev–Trinajstić information content (AvgIpc) is 3.11. The van der Waals surface area contributed by atoms with E-state index < -0.39 is 0 Å². The number of fused-ring (bicyclic) bond motifs is 1. The summed E-state index contributed by atoms with van der Waals surface area (Å²) in [5.41, 5.74) is 1.19. The van der Waals surface area contributed by atoms with E-state index in [9.17, 15) is 9.59 Å². The highest BCUT2D eigenvalue weighted by atomic mass is 16.5. The van der Waals surface area contributed by atoms with E-state index >= 15 is 0 Å². The first kappa shape index (κ1) is 19.2. The molecular formula is C21H24N4O4. The zero-order valence-electron chi connectivity index (χ0n) is 16.6. The Labute approximate surface area is 168 Å². The van der Waals surface area contributed by atoms with Gasteiger partial charge in [-0.3, -0.25) is 9.59 Å². The van der Waals surface area contributed by atoms with Gasteiger partial charge in [-0.15, -0.1) is 0 Å². The Morgan fingerprint density at radius 2 is 2.07 bits per heavy atom. The summed E-state index contributed by atoms with van der Waals surface area (Å²) in [6.07, 6.45) is 3.35. The molecule has 29 heavy (non-hydrogen) atoms. The molecule has 1 aromatic carbocycles. The number of carbonyl (C=O) groups excluding carboxylic acids is 1. The van der Waals surface area contributed by atoms with Crippen LogP contribution in [0.5, 0.6) is 5.75 Å². The zero-order chi connectivity index (χ0) is 20.4. The number of ether oxygens (including phenoxy) is 2. The predicted octanol–water partition coefficient (Wildman–Crippen LogP) is 1.63. The topological polar surface area (TPSA) is 78.1 Å². The number of aromatic nitrogens is 3. The fourth-order valence-electron chi connectivity index (χ4n) is 3.47. The Hall–Kier alpha value is -3.13. The van der Waals surface area contributed by atoms with Gasteiger partial charge in [-0.05, 0) is 19.4 Å². The van der Waals surface area contributed by atoms with Gasteiger partial charge < -0.3 is 18.9 Å². The lowest BCUT2D eigenvalue weighted by Crippen LogP contribution is -2.45. The van der Waals surface area contributed by atoms with Crippen LogP contribution in [0, 0.1) is 6.92 Å². The van der Waals surface area contributed by atoms with Crippen LogP contribution >= 0.6 is 0 Å². The van der Waals surface area contributed by atoms with Gasteiger partial charge in [0.15, 0.2) is 0 Å². The molecule has 3 heterocycles.